The number of nitrogens with zero attached hydrogens (tertiary/aromatic N) is 2. The van der Waals surface area contributed by atoms with Gasteiger partial charge >= 0.3 is 12.1 Å². The molecule has 0 bridgehead atoms. The summed E-state index contributed by atoms with van der Waals surface area (Å²) in [4.78, 5) is 31.1. The van der Waals surface area contributed by atoms with E-state index in [9.17, 15) is 22.8 Å². The number of imidazole rings is 1. The Balaban J connectivity index is 1.72. The number of carboxylic acid groups (broad SMARTS) is 1. The normalized spacial score (nSPS) is 18.0. The Kier molecular flexibility index (Phi) is 4.71. The number of hydrogen-bond acceptors (Lipinski definition) is 3. The molecule has 0 radical (unpaired) electrons. The number of aromatic amines is 1. The van der Waals surface area contributed by atoms with Crippen molar-refractivity contribution in [3.8, 4) is 0 Å². The van der Waals surface area contributed by atoms with Gasteiger partial charge in [0.1, 0.15) is 11.5 Å². The number of amides is 1. The van der Waals surface area contributed by atoms with Crippen molar-refractivity contribution < 1.29 is 27.9 Å². The van der Waals surface area contributed by atoms with E-state index in [1.165, 1.54) is 24.3 Å². The van der Waals surface area contributed by atoms with Crippen LogP contribution in [0.4, 0.5) is 13.2 Å². The van der Waals surface area contributed by atoms with Crippen LogP contribution in [-0.4, -0.2) is 44.9 Å². The minimum absolute atomic E-state index is 0.0772. The molecular formula is C17H16F3N3O3. The molecule has 1 aromatic carbocycles. The molecular weight excluding hydrogens is 351 g/mol. The molecule has 2 aromatic rings. The molecule has 6 nitrogen and oxygen atoms in total. The van der Waals surface area contributed by atoms with Crippen LogP contribution in [0, 0.1) is 0 Å². The third-order valence-electron chi connectivity index (χ3n) is 4.37. The Labute approximate surface area is 146 Å². The van der Waals surface area contributed by atoms with Crippen molar-refractivity contribution >= 4 is 11.9 Å². The van der Waals surface area contributed by atoms with Gasteiger partial charge in [0, 0.05) is 24.6 Å². The average molecular weight is 367 g/mol. The number of carbonyl (C=O) groups excluding carboxylic acids is 1. The first-order chi connectivity index (χ1) is 12.3. The number of carboxylic acids is 1. The number of H-pyrrole nitrogens is 1. The maximum atomic E-state index is 12.7. The summed E-state index contributed by atoms with van der Waals surface area (Å²) in [5, 5.41) is 8.90. The fourth-order valence-corrected chi connectivity index (χ4v) is 3.01. The van der Waals surface area contributed by atoms with Gasteiger partial charge in [-0.3, -0.25) is 4.79 Å². The van der Waals surface area contributed by atoms with Crippen LogP contribution in [0.1, 0.15) is 51.0 Å². The highest BCUT2D eigenvalue weighted by atomic mass is 19.4. The highest BCUT2D eigenvalue weighted by molar-refractivity contribution is 5.96. The van der Waals surface area contributed by atoms with Gasteiger partial charge in [-0.1, -0.05) is 0 Å². The van der Waals surface area contributed by atoms with Gasteiger partial charge < -0.3 is 15.0 Å². The first kappa shape index (κ1) is 18.0. The molecule has 0 spiro atoms. The lowest BCUT2D eigenvalue weighted by Gasteiger charge is -2.32. The van der Waals surface area contributed by atoms with Crippen LogP contribution in [-0.2, 0) is 6.18 Å². The fourth-order valence-electron chi connectivity index (χ4n) is 3.01. The monoisotopic (exact) mass is 367 g/mol. The van der Waals surface area contributed by atoms with Crippen molar-refractivity contribution in [1.29, 1.82) is 0 Å². The van der Waals surface area contributed by atoms with Crippen LogP contribution in [0.2, 0.25) is 0 Å². The molecule has 1 aromatic heterocycles. The number of alkyl halides is 3. The van der Waals surface area contributed by atoms with Crippen LogP contribution in [0.15, 0.2) is 30.5 Å². The zero-order chi connectivity index (χ0) is 18.9. The zero-order valence-corrected chi connectivity index (χ0v) is 13.6. The van der Waals surface area contributed by atoms with Gasteiger partial charge in [0.05, 0.1) is 11.8 Å². The molecule has 1 saturated heterocycles. The van der Waals surface area contributed by atoms with Crippen molar-refractivity contribution in [2.45, 2.75) is 24.9 Å². The summed E-state index contributed by atoms with van der Waals surface area (Å²) < 4.78 is 38.1. The summed E-state index contributed by atoms with van der Waals surface area (Å²) in [7, 11) is 0. The second kappa shape index (κ2) is 6.81. The molecule has 2 N–H and O–H groups in total. The van der Waals surface area contributed by atoms with Crippen molar-refractivity contribution in [3.05, 3.63) is 53.1 Å². The van der Waals surface area contributed by atoms with E-state index in [2.05, 4.69) is 9.97 Å². The molecule has 0 saturated carbocycles. The second-order valence-electron chi connectivity index (χ2n) is 6.15. The molecule has 2 heterocycles. The standard InChI is InChI=1S/C17H16F3N3O3/c18-17(19,20)13-8-21-14(22-13)12-2-1-7-23(9-12)15(24)10-3-5-11(6-4-10)16(25)26/h3-6,8,12H,1-2,7,9H2,(H,21,22)(H,25,26). The van der Waals surface area contributed by atoms with E-state index in [0.29, 0.717) is 24.9 Å². The number of carbonyl (C=O) groups is 2. The zero-order valence-electron chi connectivity index (χ0n) is 13.6. The van der Waals surface area contributed by atoms with Gasteiger partial charge in [-0.2, -0.15) is 13.2 Å². The molecule has 1 aliphatic heterocycles. The highest BCUT2D eigenvalue weighted by Gasteiger charge is 2.35. The first-order valence-corrected chi connectivity index (χ1v) is 8.00. The van der Waals surface area contributed by atoms with E-state index in [4.69, 9.17) is 5.11 Å². The first-order valence-electron chi connectivity index (χ1n) is 8.00. The van der Waals surface area contributed by atoms with Crippen LogP contribution < -0.4 is 0 Å². The van der Waals surface area contributed by atoms with Crippen LogP contribution in [0.5, 0.6) is 0 Å². The molecule has 138 valence electrons. The average Bonchev–Trinajstić information content (AvgIpc) is 3.12. The minimum atomic E-state index is -4.48. The number of likely N-dealkylation sites (tertiary alicyclic amines) is 1. The van der Waals surface area contributed by atoms with Crippen molar-refractivity contribution in [3.63, 3.8) is 0 Å². The Hall–Kier alpha value is -2.84. The molecule has 1 aliphatic rings. The molecule has 1 unspecified atom stereocenters. The van der Waals surface area contributed by atoms with Gasteiger partial charge in [-0.05, 0) is 37.1 Å². The number of halogens is 3. The van der Waals surface area contributed by atoms with Gasteiger partial charge in [-0.25, -0.2) is 9.78 Å². The van der Waals surface area contributed by atoms with E-state index in [1.54, 1.807) is 4.90 Å². The number of aromatic nitrogens is 2. The highest BCUT2D eigenvalue weighted by Crippen LogP contribution is 2.31. The Morgan fingerprint density at radius 3 is 2.42 bits per heavy atom. The Bertz CT molecular complexity index is 815. The number of benzene rings is 1. The summed E-state index contributed by atoms with van der Waals surface area (Å²) in [5.41, 5.74) is -0.486. The fraction of sp³-hybridized carbons (Fsp3) is 0.353. The number of hydrogen-bond donors (Lipinski definition) is 2. The molecule has 0 aliphatic carbocycles. The van der Waals surface area contributed by atoms with E-state index in [1.807, 2.05) is 0 Å². The molecule has 1 atom stereocenters. The van der Waals surface area contributed by atoms with Gasteiger partial charge in [0.25, 0.3) is 5.91 Å². The van der Waals surface area contributed by atoms with E-state index in [-0.39, 0.29) is 29.8 Å². The minimum Gasteiger partial charge on any atom is -0.478 e. The lowest BCUT2D eigenvalue weighted by Crippen LogP contribution is -2.39. The number of aromatic carboxylic acids is 1. The smallest absolute Gasteiger partial charge is 0.432 e. The molecule has 1 amide bonds. The van der Waals surface area contributed by atoms with Crippen LogP contribution >= 0.6 is 0 Å². The number of rotatable bonds is 3. The third kappa shape index (κ3) is 3.71. The van der Waals surface area contributed by atoms with Crippen LogP contribution in [0.25, 0.3) is 0 Å². The lowest BCUT2D eigenvalue weighted by atomic mass is 9.96. The number of nitrogens with one attached hydrogen (secondary N) is 1. The molecule has 26 heavy (non-hydrogen) atoms. The Morgan fingerprint density at radius 1 is 1.19 bits per heavy atom. The van der Waals surface area contributed by atoms with E-state index < -0.39 is 17.8 Å². The SMILES string of the molecule is O=C(O)c1ccc(C(=O)N2CCCC(c3ncc(C(F)(F)F)[nH]3)C2)cc1. The lowest BCUT2D eigenvalue weighted by molar-refractivity contribution is -0.141. The maximum Gasteiger partial charge on any atom is 0.432 e. The van der Waals surface area contributed by atoms with Crippen molar-refractivity contribution in [2.75, 3.05) is 13.1 Å². The van der Waals surface area contributed by atoms with Gasteiger partial charge in [0.15, 0.2) is 0 Å². The summed E-state index contributed by atoms with van der Waals surface area (Å²) >= 11 is 0. The van der Waals surface area contributed by atoms with Crippen molar-refractivity contribution in [1.82, 2.24) is 14.9 Å². The largest absolute Gasteiger partial charge is 0.478 e. The predicted octanol–water partition coefficient (Wildman–Crippen LogP) is 3.15. The second-order valence-corrected chi connectivity index (χ2v) is 6.15. The predicted molar refractivity (Wildman–Crippen MR) is 84.9 cm³/mol. The molecule has 3 rings (SSSR count). The van der Waals surface area contributed by atoms with Crippen molar-refractivity contribution in [2.24, 2.45) is 0 Å². The van der Waals surface area contributed by atoms with Crippen LogP contribution in [0.3, 0.4) is 0 Å². The topological polar surface area (TPSA) is 86.3 Å². The maximum absolute atomic E-state index is 12.7. The van der Waals surface area contributed by atoms with Gasteiger partial charge in [-0.15, -0.1) is 0 Å². The molecule has 1 fully saturated rings. The number of piperidine rings is 1. The Morgan fingerprint density at radius 2 is 1.85 bits per heavy atom. The summed E-state index contributed by atoms with van der Waals surface area (Å²) in [6.45, 7) is 0.743. The van der Waals surface area contributed by atoms with Gasteiger partial charge in [0.2, 0.25) is 0 Å². The van der Waals surface area contributed by atoms with E-state index >= 15 is 0 Å². The summed E-state index contributed by atoms with van der Waals surface area (Å²) in [6, 6.07) is 5.56. The molecule has 9 heteroatoms. The summed E-state index contributed by atoms with van der Waals surface area (Å²) in [6.07, 6.45) is -2.44. The third-order valence-corrected chi connectivity index (χ3v) is 4.37. The van der Waals surface area contributed by atoms with E-state index in [0.717, 1.165) is 6.20 Å². The quantitative estimate of drug-likeness (QED) is 0.873. The summed E-state index contributed by atoms with van der Waals surface area (Å²) in [5.74, 6) is -1.45.